The quantitative estimate of drug-likeness (QED) is 0.881. The molecule has 4 bridgehead atoms. The van der Waals surface area contributed by atoms with Crippen molar-refractivity contribution < 1.29 is 14.5 Å². The van der Waals surface area contributed by atoms with Crippen LogP contribution in [0.3, 0.4) is 0 Å². The molecule has 0 radical (unpaired) electrons. The fraction of sp³-hybridized carbons (Fsp3) is 0.632. The van der Waals surface area contributed by atoms with Gasteiger partial charge >= 0.3 is 0 Å². The molecule has 1 amide bonds. The Hall–Kier alpha value is -1.42. The third kappa shape index (κ3) is 3.01. The Kier molecular flexibility index (Phi) is 3.67. The lowest BCUT2D eigenvalue weighted by Gasteiger charge is -2.55. The van der Waals surface area contributed by atoms with Gasteiger partial charge in [0, 0.05) is 24.9 Å². The molecule has 0 saturated heterocycles. The van der Waals surface area contributed by atoms with E-state index in [1.165, 1.54) is 50.7 Å². The predicted octanol–water partition coefficient (Wildman–Crippen LogP) is 2.68. The van der Waals surface area contributed by atoms with Crippen molar-refractivity contribution in [2.45, 2.75) is 57.0 Å². The lowest BCUT2D eigenvalue weighted by atomic mass is 9.53. The molecule has 4 heteroatoms. The molecule has 0 spiro atoms. The molecule has 0 heterocycles. The number of hydrogen-bond acceptors (Lipinski definition) is 1. The van der Waals surface area contributed by atoms with E-state index in [4.69, 9.17) is 0 Å². The molecule has 124 valence electrons. The van der Waals surface area contributed by atoms with Crippen LogP contribution in [0.2, 0.25) is 0 Å². The maximum Gasteiger partial charge on any atom is 0.282 e. The van der Waals surface area contributed by atoms with Crippen LogP contribution in [0.25, 0.3) is 0 Å². The lowest BCUT2D eigenvalue weighted by Crippen LogP contribution is -3.03. The first-order chi connectivity index (χ1) is 11.0. The zero-order valence-corrected chi connectivity index (χ0v) is 13.7. The highest BCUT2D eigenvalue weighted by Gasteiger charge is 2.54. The highest BCUT2D eigenvalue weighted by atomic mass is 19.1. The molecular weight excluding hydrogens is 291 g/mol. The van der Waals surface area contributed by atoms with Crippen LogP contribution in [0, 0.1) is 23.6 Å². The summed E-state index contributed by atoms with van der Waals surface area (Å²) in [6, 6.07) is 5.89. The standard InChI is InChI=1S/C19H25FN2O/c1-12(18(23)21-17-4-2-16(20)3-5-17)22-19-9-13-6-14(10-19)8-15(7-13)11-19/h2-5,12-15,22H,6-11H2,1H3,(H,21,23)/p+1/t12-,13?,14?,15?,19?/m1/s1. The van der Waals surface area contributed by atoms with E-state index in [-0.39, 0.29) is 17.8 Å². The van der Waals surface area contributed by atoms with Crippen LogP contribution >= 0.6 is 0 Å². The largest absolute Gasteiger partial charge is 0.331 e. The molecule has 1 aromatic rings. The third-order valence-corrected chi connectivity index (χ3v) is 6.21. The van der Waals surface area contributed by atoms with Gasteiger partial charge in [0.25, 0.3) is 5.91 Å². The van der Waals surface area contributed by atoms with Gasteiger partial charge in [0.2, 0.25) is 0 Å². The number of rotatable bonds is 4. The van der Waals surface area contributed by atoms with E-state index in [0.717, 1.165) is 17.8 Å². The van der Waals surface area contributed by atoms with Crippen LogP contribution < -0.4 is 10.6 Å². The Labute approximate surface area is 137 Å². The second kappa shape index (κ2) is 5.59. The average Bonchev–Trinajstić information content (AvgIpc) is 2.47. The van der Waals surface area contributed by atoms with Crippen LogP contribution in [0.1, 0.15) is 45.4 Å². The summed E-state index contributed by atoms with van der Waals surface area (Å²) in [5.41, 5.74) is 0.969. The van der Waals surface area contributed by atoms with Gasteiger partial charge in [-0.3, -0.25) is 4.79 Å². The normalized spacial score (nSPS) is 36.0. The molecule has 0 unspecified atom stereocenters. The van der Waals surface area contributed by atoms with Gasteiger partial charge < -0.3 is 10.6 Å². The van der Waals surface area contributed by atoms with Crippen molar-refractivity contribution in [3.8, 4) is 0 Å². The molecule has 4 fully saturated rings. The molecule has 3 nitrogen and oxygen atoms in total. The molecule has 0 aliphatic heterocycles. The van der Waals surface area contributed by atoms with Crippen molar-refractivity contribution in [2.24, 2.45) is 17.8 Å². The number of quaternary nitrogens is 1. The molecule has 23 heavy (non-hydrogen) atoms. The van der Waals surface area contributed by atoms with Gasteiger partial charge in [0.15, 0.2) is 6.04 Å². The van der Waals surface area contributed by atoms with E-state index in [1.54, 1.807) is 12.1 Å². The first-order valence-electron chi connectivity index (χ1n) is 8.94. The Bertz CT molecular complexity index is 563. The Balaban J connectivity index is 1.40. The van der Waals surface area contributed by atoms with E-state index >= 15 is 0 Å². The minimum absolute atomic E-state index is 0.0207. The topological polar surface area (TPSA) is 45.7 Å². The maximum atomic E-state index is 13.0. The minimum Gasteiger partial charge on any atom is -0.331 e. The number of benzene rings is 1. The Morgan fingerprint density at radius 1 is 1.13 bits per heavy atom. The molecular formula is C19H26FN2O+. The van der Waals surface area contributed by atoms with Crippen molar-refractivity contribution in [3.05, 3.63) is 30.1 Å². The van der Waals surface area contributed by atoms with Crippen molar-refractivity contribution in [1.82, 2.24) is 0 Å². The zero-order chi connectivity index (χ0) is 16.0. The van der Waals surface area contributed by atoms with Gasteiger partial charge in [-0.2, -0.15) is 0 Å². The van der Waals surface area contributed by atoms with Crippen LogP contribution in [-0.4, -0.2) is 17.5 Å². The molecule has 4 aliphatic carbocycles. The van der Waals surface area contributed by atoms with Gasteiger partial charge in [-0.25, -0.2) is 4.39 Å². The van der Waals surface area contributed by atoms with Gasteiger partial charge in [-0.1, -0.05) is 0 Å². The zero-order valence-electron chi connectivity index (χ0n) is 13.7. The number of hydrogen-bond donors (Lipinski definition) is 2. The summed E-state index contributed by atoms with van der Waals surface area (Å²) in [5, 5.41) is 5.26. The van der Waals surface area contributed by atoms with Crippen LogP contribution in [-0.2, 0) is 4.79 Å². The summed E-state index contributed by atoms with van der Waals surface area (Å²) < 4.78 is 13.0. The molecule has 3 N–H and O–H groups in total. The fourth-order valence-corrected chi connectivity index (χ4v) is 5.78. The van der Waals surface area contributed by atoms with Crippen molar-refractivity contribution >= 4 is 11.6 Å². The van der Waals surface area contributed by atoms with Gasteiger partial charge in [0.05, 0.1) is 5.54 Å². The SMILES string of the molecule is C[C@@H]([NH2+]C12CC3CC(CC(C3)C1)C2)C(=O)Nc1ccc(F)cc1. The highest BCUT2D eigenvalue weighted by molar-refractivity contribution is 5.93. The van der Waals surface area contributed by atoms with E-state index in [2.05, 4.69) is 10.6 Å². The number of carbonyl (C=O) groups is 1. The third-order valence-electron chi connectivity index (χ3n) is 6.21. The molecule has 0 aromatic heterocycles. The predicted molar refractivity (Wildman–Crippen MR) is 87.3 cm³/mol. The second-order valence-corrected chi connectivity index (χ2v) is 8.23. The van der Waals surface area contributed by atoms with Crippen LogP contribution in [0.5, 0.6) is 0 Å². The molecule has 4 saturated carbocycles. The Morgan fingerprint density at radius 2 is 1.65 bits per heavy atom. The van der Waals surface area contributed by atoms with Gasteiger partial charge in [0.1, 0.15) is 5.82 Å². The van der Waals surface area contributed by atoms with Gasteiger partial charge in [-0.15, -0.1) is 0 Å². The van der Waals surface area contributed by atoms with E-state index in [9.17, 15) is 9.18 Å². The Morgan fingerprint density at radius 3 is 2.17 bits per heavy atom. The maximum absolute atomic E-state index is 13.0. The van der Waals surface area contributed by atoms with E-state index < -0.39 is 0 Å². The van der Waals surface area contributed by atoms with Crippen molar-refractivity contribution in [2.75, 3.05) is 5.32 Å². The average molecular weight is 317 g/mol. The molecule has 1 aromatic carbocycles. The van der Waals surface area contributed by atoms with Crippen LogP contribution in [0.15, 0.2) is 24.3 Å². The number of halogens is 1. The van der Waals surface area contributed by atoms with Crippen LogP contribution in [0.4, 0.5) is 10.1 Å². The first kappa shape index (κ1) is 15.1. The van der Waals surface area contributed by atoms with Crippen molar-refractivity contribution in [1.29, 1.82) is 0 Å². The molecule has 4 aliphatic rings. The highest BCUT2D eigenvalue weighted by Crippen LogP contribution is 2.54. The summed E-state index contributed by atoms with van der Waals surface area (Å²) in [5.74, 6) is 2.42. The van der Waals surface area contributed by atoms with E-state index in [0.29, 0.717) is 11.2 Å². The summed E-state index contributed by atoms with van der Waals surface area (Å²) in [7, 11) is 0. The van der Waals surface area contributed by atoms with Gasteiger partial charge in [-0.05, 0) is 68.2 Å². The lowest BCUT2D eigenvalue weighted by molar-refractivity contribution is -0.754. The number of nitrogens with two attached hydrogens (primary N) is 1. The monoisotopic (exact) mass is 317 g/mol. The fourth-order valence-electron chi connectivity index (χ4n) is 5.78. The smallest absolute Gasteiger partial charge is 0.282 e. The number of carbonyl (C=O) groups excluding carboxylic acids is 1. The van der Waals surface area contributed by atoms with Crippen molar-refractivity contribution in [3.63, 3.8) is 0 Å². The second-order valence-electron chi connectivity index (χ2n) is 8.23. The first-order valence-corrected chi connectivity index (χ1v) is 8.94. The molecule has 5 rings (SSSR count). The number of anilines is 1. The number of nitrogens with one attached hydrogen (secondary N) is 1. The summed E-state index contributed by atoms with van der Waals surface area (Å²) >= 11 is 0. The number of amides is 1. The van der Waals surface area contributed by atoms with E-state index in [1.807, 2.05) is 6.92 Å². The summed E-state index contributed by atoms with van der Waals surface area (Å²) in [6.45, 7) is 2.00. The summed E-state index contributed by atoms with van der Waals surface area (Å²) in [4.78, 5) is 12.5. The minimum atomic E-state index is -0.281. The molecule has 1 atom stereocenters. The summed E-state index contributed by atoms with van der Waals surface area (Å²) in [6.07, 6.45) is 8.11.